The molecule has 0 heterocycles. The molecule has 0 saturated carbocycles. The Bertz CT molecular complexity index is 869. The topological polar surface area (TPSA) is 15.4 Å². The monoisotopic (exact) mass is 363 g/mol. The van der Waals surface area contributed by atoms with Crippen LogP contribution in [0.3, 0.4) is 0 Å². The van der Waals surface area contributed by atoms with Crippen molar-refractivity contribution in [3.8, 4) is 0 Å². The molecule has 0 atom stereocenters. The van der Waals surface area contributed by atoms with Gasteiger partial charge >= 0.3 is 6.01 Å². The van der Waals surface area contributed by atoms with Gasteiger partial charge < -0.3 is 0 Å². The van der Waals surface area contributed by atoms with Gasteiger partial charge in [0.2, 0.25) is 0 Å². The number of rotatable bonds is 6. The zero-order valence-corrected chi connectivity index (χ0v) is 18.5. The normalized spacial score (nSPS) is 10.7. The van der Waals surface area contributed by atoms with Crippen LogP contribution in [-0.4, -0.2) is 17.6 Å². The molecule has 0 fully saturated rings. The molecule has 0 radical (unpaired) electrons. The second-order valence-corrected chi connectivity index (χ2v) is 7.37. The van der Waals surface area contributed by atoms with Crippen molar-refractivity contribution in [2.75, 3.05) is 7.05 Å². The minimum absolute atomic E-state index is 0.994. The Kier molecular flexibility index (Phi) is 7.16. The van der Waals surface area contributed by atoms with Gasteiger partial charge in [0.05, 0.1) is 7.05 Å². The van der Waals surface area contributed by atoms with E-state index in [1.54, 1.807) is 0 Å². The lowest BCUT2D eigenvalue weighted by Crippen LogP contribution is -2.05. The number of aryl methyl sites for hydroxylation is 4. The molecular weight excluding hydrogens is 328 g/mol. The first-order valence-corrected chi connectivity index (χ1v) is 10.3. The van der Waals surface area contributed by atoms with Crippen LogP contribution in [0, 0.1) is 20.8 Å². The molecule has 0 saturated heterocycles. The van der Waals surface area contributed by atoms with Gasteiger partial charge in [0.15, 0.2) is 5.69 Å². The number of aliphatic imine (C=N–C) groups is 1. The minimum Gasteiger partial charge on any atom is -0.188 e. The van der Waals surface area contributed by atoms with E-state index in [1.165, 1.54) is 44.6 Å². The Morgan fingerprint density at radius 1 is 0.778 bits per heavy atom. The van der Waals surface area contributed by atoms with E-state index < -0.39 is 0 Å². The molecule has 2 heteroatoms. The molecule has 0 aliphatic carbocycles. The molecule has 2 aromatic rings. The smallest absolute Gasteiger partial charge is 0.188 e. The zero-order chi connectivity index (χ0) is 20.1. The van der Waals surface area contributed by atoms with E-state index in [1.807, 2.05) is 0 Å². The van der Waals surface area contributed by atoms with Crippen LogP contribution in [0.25, 0.3) is 0 Å². The third kappa shape index (κ3) is 4.22. The summed E-state index contributed by atoms with van der Waals surface area (Å²) in [6, 6.07) is 10.1. The molecule has 0 unspecified atom stereocenters. The number of benzene rings is 2. The highest BCUT2D eigenvalue weighted by molar-refractivity contribution is 5.64. The maximum Gasteiger partial charge on any atom is 0.318 e. The summed E-state index contributed by atoms with van der Waals surface area (Å²) in [6.45, 7) is 15.5. The van der Waals surface area contributed by atoms with E-state index in [2.05, 4.69) is 84.3 Å². The van der Waals surface area contributed by atoms with Crippen molar-refractivity contribution in [2.24, 2.45) is 4.99 Å². The van der Waals surface area contributed by atoms with Gasteiger partial charge in [0, 0.05) is 21.7 Å². The lowest BCUT2D eigenvalue weighted by atomic mass is 9.94. The Hall–Kier alpha value is -2.18. The average Bonchev–Trinajstić information content (AvgIpc) is 2.65. The molecule has 0 bridgehead atoms. The largest absolute Gasteiger partial charge is 0.318 e. The quantitative estimate of drug-likeness (QED) is 0.404. The molecule has 27 heavy (non-hydrogen) atoms. The highest BCUT2D eigenvalue weighted by Gasteiger charge is 2.17. The van der Waals surface area contributed by atoms with Gasteiger partial charge in [0.1, 0.15) is 5.69 Å². The van der Waals surface area contributed by atoms with E-state index in [0.29, 0.717) is 0 Å². The highest BCUT2D eigenvalue weighted by Crippen LogP contribution is 2.32. The van der Waals surface area contributed by atoms with Gasteiger partial charge in [-0.2, -0.15) is 4.58 Å². The van der Waals surface area contributed by atoms with Gasteiger partial charge in [-0.1, -0.05) is 45.9 Å². The molecule has 0 amide bonds. The van der Waals surface area contributed by atoms with Crippen molar-refractivity contribution in [2.45, 2.75) is 74.1 Å². The number of hydrogen-bond acceptors (Lipinski definition) is 1. The predicted molar refractivity (Wildman–Crippen MR) is 118 cm³/mol. The molecule has 0 aliphatic heterocycles. The Morgan fingerprint density at radius 3 is 1.81 bits per heavy atom. The van der Waals surface area contributed by atoms with Gasteiger partial charge in [-0.15, -0.1) is 0 Å². The fraction of sp³-hybridized carbons (Fsp3) is 0.480. The Labute approximate surface area is 165 Å². The van der Waals surface area contributed by atoms with Gasteiger partial charge in [-0.05, 0) is 68.7 Å². The molecule has 0 N–H and O–H groups in total. The minimum atomic E-state index is 0.994. The molecule has 144 valence electrons. The van der Waals surface area contributed by atoms with Crippen LogP contribution in [0.15, 0.2) is 23.2 Å². The molecule has 2 nitrogen and oxygen atoms in total. The molecule has 0 aliphatic rings. The van der Waals surface area contributed by atoms with Crippen LogP contribution in [0.2, 0.25) is 0 Å². The van der Waals surface area contributed by atoms with E-state index >= 15 is 0 Å². The highest BCUT2D eigenvalue weighted by atomic mass is 15.0. The molecule has 2 rings (SSSR count). The first-order chi connectivity index (χ1) is 12.9. The standard InChI is InChI=1S/C25H35N2/c1-9-20-14-13-17(5)23(12-4)25(20)27(8)16-26-24-21(10-2)18(6)15-19(7)22(24)11-3/h13-15H,9-12H2,1-8H3/q+1. The van der Waals surface area contributed by atoms with E-state index in [0.717, 1.165) is 31.4 Å². The maximum absolute atomic E-state index is 4.90. The number of hydrogen-bond donors (Lipinski definition) is 0. The number of nitrogens with zero attached hydrogens (tertiary/aromatic N) is 2. The third-order valence-corrected chi connectivity index (χ3v) is 5.65. The van der Waals surface area contributed by atoms with Crippen LogP contribution in [0.5, 0.6) is 0 Å². The third-order valence-electron chi connectivity index (χ3n) is 5.65. The molecular formula is C25H35N2+. The summed E-state index contributed by atoms with van der Waals surface area (Å²) < 4.78 is 2.10. The predicted octanol–water partition coefficient (Wildman–Crippen LogP) is 6.64. The van der Waals surface area contributed by atoms with E-state index in [9.17, 15) is 0 Å². The lowest BCUT2D eigenvalue weighted by molar-refractivity contribution is -0.399. The van der Waals surface area contributed by atoms with Crippen molar-refractivity contribution < 1.29 is 4.58 Å². The summed E-state index contributed by atoms with van der Waals surface area (Å²) in [5.41, 5.74) is 11.8. The second kappa shape index (κ2) is 9.15. The zero-order valence-electron chi connectivity index (χ0n) is 18.5. The van der Waals surface area contributed by atoms with Crippen LogP contribution in [0.4, 0.5) is 11.4 Å². The molecule has 2 aromatic carbocycles. The first-order valence-electron chi connectivity index (χ1n) is 10.3. The van der Waals surface area contributed by atoms with E-state index in [-0.39, 0.29) is 0 Å². The Balaban J connectivity index is 2.75. The summed E-state index contributed by atoms with van der Waals surface area (Å²) in [5.74, 6) is 0. The summed E-state index contributed by atoms with van der Waals surface area (Å²) in [5, 5.41) is 0. The van der Waals surface area contributed by atoms with Crippen LogP contribution >= 0.6 is 0 Å². The molecule has 0 spiro atoms. The summed E-state index contributed by atoms with van der Waals surface area (Å²) in [7, 11) is 2.08. The van der Waals surface area contributed by atoms with Crippen molar-refractivity contribution >= 4 is 17.4 Å². The van der Waals surface area contributed by atoms with Crippen molar-refractivity contribution in [3.05, 3.63) is 57.1 Å². The summed E-state index contributed by atoms with van der Waals surface area (Å²) in [4.78, 5) is 4.90. The average molecular weight is 364 g/mol. The van der Waals surface area contributed by atoms with Crippen molar-refractivity contribution in [1.82, 2.24) is 0 Å². The second-order valence-electron chi connectivity index (χ2n) is 7.37. The van der Waals surface area contributed by atoms with Gasteiger partial charge in [-0.3, -0.25) is 0 Å². The maximum atomic E-state index is 4.90. The van der Waals surface area contributed by atoms with Crippen LogP contribution in [0.1, 0.15) is 66.6 Å². The summed E-state index contributed by atoms with van der Waals surface area (Å²) >= 11 is 0. The van der Waals surface area contributed by atoms with E-state index in [4.69, 9.17) is 4.99 Å². The van der Waals surface area contributed by atoms with Crippen molar-refractivity contribution in [3.63, 3.8) is 0 Å². The fourth-order valence-electron chi connectivity index (χ4n) is 4.19. The van der Waals surface area contributed by atoms with Crippen molar-refractivity contribution in [1.29, 1.82) is 0 Å². The van der Waals surface area contributed by atoms with Crippen LogP contribution < -0.4 is 0 Å². The molecule has 0 aromatic heterocycles. The Morgan fingerprint density at radius 2 is 1.33 bits per heavy atom. The fourth-order valence-corrected chi connectivity index (χ4v) is 4.19. The SMILES string of the molecule is CCc1ccc(C)c(CC)c1[N+](C)=C=Nc1c(CC)c(C)cc(C)c1CC. The first kappa shape index (κ1) is 21.1. The summed E-state index contributed by atoms with van der Waals surface area (Å²) in [6.07, 6.45) is 4.02. The lowest BCUT2D eigenvalue weighted by Gasteiger charge is -2.12. The van der Waals surface area contributed by atoms with Gasteiger partial charge in [-0.25, -0.2) is 0 Å². The van der Waals surface area contributed by atoms with Gasteiger partial charge in [0.25, 0.3) is 0 Å². The van der Waals surface area contributed by atoms with Crippen LogP contribution in [-0.2, 0) is 25.7 Å².